The highest BCUT2D eigenvalue weighted by Crippen LogP contribution is 2.33. The average Bonchev–Trinajstić information content (AvgIpc) is 2.81. The molecule has 0 unspecified atom stereocenters. The molecular formula is C16H27NO4. The first kappa shape index (κ1) is 16.1. The molecule has 120 valence electrons. The van der Waals surface area contributed by atoms with Gasteiger partial charge in [0.1, 0.15) is 6.10 Å². The maximum Gasteiger partial charge on any atom is 0.405 e. The summed E-state index contributed by atoms with van der Waals surface area (Å²) in [5, 5.41) is 11.7. The summed E-state index contributed by atoms with van der Waals surface area (Å²) in [5.41, 5.74) is 0. The predicted octanol–water partition coefficient (Wildman–Crippen LogP) is 3.18. The zero-order chi connectivity index (χ0) is 15.4. The van der Waals surface area contributed by atoms with Crippen LogP contribution in [0.25, 0.3) is 0 Å². The third kappa shape index (κ3) is 4.35. The van der Waals surface area contributed by atoms with Crippen molar-refractivity contribution in [2.24, 2.45) is 17.8 Å². The highest BCUT2D eigenvalue weighted by atomic mass is 16.6. The number of cyclic esters (lactones) is 1. The van der Waals surface area contributed by atoms with Crippen LogP contribution in [-0.4, -0.2) is 29.3 Å². The molecule has 2 rings (SSSR count). The Hall–Kier alpha value is -1.26. The van der Waals surface area contributed by atoms with Crippen LogP contribution in [0.2, 0.25) is 0 Å². The van der Waals surface area contributed by atoms with Gasteiger partial charge in [-0.1, -0.05) is 46.0 Å². The Labute approximate surface area is 126 Å². The molecule has 1 saturated carbocycles. The first-order valence-corrected chi connectivity index (χ1v) is 8.17. The summed E-state index contributed by atoms with van der Waals surface area (Å²) in [4.78, 5) is 23.0. The van der Waals surface area contributed by atoms with Crippen LogP contribution < -0.4 is 5.32 Å². The van der Waals surface area contributed by atoms with Crippen molar-refractivity contribution in [3.63, 3.8) is 0 Å². The molecule has 1 saturated heterocycles. The fourth-order valence-corrected chi connectivity index (χ4v) is 3.67. The molecule has 1 heterocycles. The number of esters is 1. The van der Waals surface area contributed by atoms with E-state index in [2.05, 4.69) is 5.32 Å². The van der Waals surface area contributed by atoms with E-state index < -0.39 is 6.09 Å². The van der Waals surface area contributed by atoms with Crippen LogP contribution >= 0.6 is 0 Å². The molecule has 0 bridgehead atoms. The summed E-state index contributed by atoms with van der Waals surface area (Å²) in [6, 6.07) is -0.265. The number of nitrogens with one attached hydrogen (secondary N) is 1. The van der Waals surface area contributed by atoms with Crippen molar-refractivity contribution in [2.75, 3.05) is 0 Å². The lowest BCUT2D eigenvalue weighted by molar-refractivity contribution is -0.146. The maximum atomic E-state index is 11.9. The topological polar surface area (TPSA) is 75.6 Å². The molecule has 3 atom stereocenters. The SMILES string of the molecule is CC(C)[C@@H]1C[C@@H]([C@H](CC2CCCCC2)NC(=O)O)OC1=O. The van der Waals surface area contributed by atoms with Crippen LogP contribution in [0.5, 0.6) is 0 Å². The molecule has 0 radical (unpaired) electrons. The van der Waals surface area contributed by atoms with Crippen LogP contribution in [0, 0.1) is 17.8 Å². The smallest absolute Gasteiger partial charge is 0.405 e. The van der Waals surface area contributed by atoms with Crippen molar-refractivity contribution in [2.45, 2.75) is 70.9 Å². The largest absolute Gasteiger partial charge is 0.465 e. The average molecular weight is 297 g/mol. The maximum absolute atomic E-state index is 11.9. The second-order valence-electron chi connectivity index (χ2n) is 6.86. The molecule has 1 aliphatic carbocycles. The number of rotatable bonds is 5. The zero-order valence-electron chi connectivity index (χ0n) is 13.0. The molecule has 1 amide bonds. The lowest BCUT2D eigenvalue weighted by atomic mass is 9.82. The van der Waals surface area contributed by atoms with E-state index >= 15 is 0 Å². The predicted molar refractivity (Wildman–Crippen MR) is 79.0 cm³/mol. The Morgan fingerprint density at radius 3 is 2.52 bits per heavy atom. The minimum Gasteiger partial charge on any atom is -0.465 e. The standard InChI is InChI=1S/C16H27NO4/c1-10(2)12-9-14(21-15(12)18)13(17-16(19)20)8-11-6-4-3-5-7-11/h10-14,17H,3-9H2,1-2H3,(H,19,20)/t12-,13-,14-/m0/s1. The minimum atomic E-state index is -1.03. The van der Waals surface area contributed by atoms with Crippen molar-refractivity contribution < 1.29 is 19.4 Å². The van der Waals surface area contributed by atoms with Crippen molar-refractivity contribution in [1.29, 1.82) is 0 Å². The normalized spacial score (nSPS) is 28.4. The Kier molecular flexibility index (Phi) is 5.48. The molecule has 2 aliphatic rings. The highest BCUT2D eigenvalue weighted by molar-refractivity contribution is 5.75. The van der Waals surface area contributed by atoms with Gasteiger partial charge in [0, 0.05) is 0 Å². The summed E-state index contributed by atoms with van der Waals surface area (Å²) in [6.07, 6.45) is 6.14. The first-order valence-electron chi connectivity index (χ1n) is 8.17. The van der Waals surface area contributed by atoms with Crippen molar-refractivity contribution in [1.82, 2.24) is 5.32 Å². The van der Waals surface area contributed by atoms with Crippen LogP contribution in [0.4, 0.5) is 4.79 Å². The Balaban J connectivity index is 1.98. The monoisotopic (exact) mass is 297 g/mol. The zero-order valence-corrected chi connectivity index (χ0v) is 13.0. The molecule has 1 aliphatic heterocycles. The van der Waals surface area contributed by atoms with E-state index in [9.17, 15) is 9.59 Å². The van der Waals surface area contributed by atoms with E-state index in [1.54, 1.807) is 0 Å². The number of carboxylic acid groups (broad SMARTS) is 1. The van der Waals surface area contributed by atoms with Crippen molar-refractivity contribution in [3.8, 4) is 0 Å². The third-order valence-corrected chi connectivity index (χ3v) is 4.93. The second-order valence-corrected chi connectivity index (χ2v) is 6.86. The molecule has 0 aromatic heterocycles. The molecule has 2 N–H and O–H groups in total. The summed E-state index contributed by atoms with van der Waals surface area (Å²) < 4.78 is 5.48. The van der Waals surface area contributed by atoms with E-state index in [1.165, 1.54) is 19.3 Å². The molecular weight excluding hydrogens is 270 g/mol. The van der Waals surface area contributed by atoms with Gasteiger partial charge in [-0.15, -0.1) is 0 Å². The minimum absolute atomic E-state index is 0.0977. The van der Waals surface area contributed by atoms with Crippen molar-refractivity contribution in [3.05, 3.63) is 0 Å². The van der Waals surface area contributed by atoms with Gasteiger partial charge >= 0.3 is 12.1 Å². The first-order chi connectivity index (χ1) is 9.97. The van der Waals surface area contributed by atoms with Gasteiger partial charge < -0.3 is 15.2 Å². The molecule has 0 aromatic rings. The number of carbonyl (C=O) groups excluding carboxylic acids is 1. The molecule has 21 heavy (non-hydrogen) atoms. The summed E-state index contributed by atoms with van der Waals surface area (Å²) in [6.45, 7) is 4.02. The summed E-state index contributed by atoms with van der Waals surface area (Å²) in [5.74, 6) is 0.519. The van der Waals surface area contributed by atoms with E-state index in [1.807, 2.05) is 13.8 Å². The van der Waals surface area contributed by atoms with Gasteiger partial charge in [0.05, 0.1) is 12.0 Å². The molecule has 0 aromatic carbocycles. The fourth-order valence-electron chi connectivity index (χ4n) is 3.67. The van der Waals surface area contributed by atoms with Gasteiger partial charge in [0.2, 0.25) is 0 Å². The van der Waals surface area contributed by atoms with Gasteiger partial charge in [-0.25, -0.2) is 4.79 Å². The van der Waals surface area contributed by atoms with E-state index in [0.717, 1.165) is 19.3 Å². The second kappa shape index (κ2) is 7.14. The Bertz CT molecular complexity index is 376. The van der Waals surface area contributed by atoms with Gasteiger partial charge in [-0.3, -0.25) is 4.79 Å². The fraction of sp³-hybridized carbons (Fsp3) is 0.875. The lowest BCUT2D eigenvalue weighted by Gasteiger charge is -2.29. The lowest BCUT2D eigenvalue weighted by Crippen LogP contribution is -2.44. The summed E-state index contributed by atoms with van der Waals surface area (Å²) in [7, 11) is 0. The number of carbonyl (C=O) groups is 2. The molecule has 0 spiro atoms. The number of amides is 1. The van der Waals surface area contributed by atoms with Gasteiger partial charge in [-0.2, -0.15) is 0 Å². The number of ether oxygens (including phenoxy) is 1. The van der Waals surface area contributed by atoms with E-state index in [0.29, 0.717) is 12.3 Å². The number of hydrogen-bond donors (Lipinski definition) is 2. The van der Waals surface area contributed by atoms with E-state index in [4.69, 9.17) is 9.84 Å². The van der Waals surface area contributed by atoms with Gasteiger partial charge in [0.15, 0.2) is 0 Å². The van der Waals surface area contributed by atoms with Crippen LogP contribution in [0.3, 0.4) is 0 Å². The Morgan fingerprint density at radius 2 is 2.00 bits per heavy atom. The van der Waals surface area contributed by atoms with Crippen LogP contribution in [0.1, 0.15) is 58.8 Å². The molecule has 2 fully saturated rings. The quantitative estimate of drug-likeness (QED) is 0.764. The van der Waals surface area contributed by atoms with E-state index in [-0.39, 0.29) is 30.0 Å². The Morgan fingerprint density at radius 1 is 1.33 bits per heavy atom. The van der Waals surface area contributed by atoms with Crippen molar-refractivity contribution >= 4 is 12.1 Å². The molecule has 5 heteroatoms. The third-order valence-electron chi connectivity index (χ3n) is 4.93. The highest BCUT2D eigenvalue weighted by Gasteiger charge is 2.41. The molecule has 5 nitrogen and oxygen atoms in total. The van der Waals surface area contributed by atoms with Gasteiger partial charge in [-0.05, 0) is 24.7 Å². The number of hydrogen-bond acceptors (Lipinski definition) is 3. The van der Waals surface area contributed by atoms with Crippen LogP contribution in [0.15, 0.2) is 0 Å². The van der Waals surface area contributed by atoms with Gasteiger partial charge in [0.25, 0.3) is 0 Å². The van der Waals surface area contributed by atoms with Crippen LogP contribution in [-0.2, 0) is 9.53 Å². The summed E-state index contributed by atoms with van der Waals surface area (Å²) >= 11 is 0.